The molecule has 2 N–H and O–H groups in total. The Bertz CT molecular complexity index is 751. The Hall–Kier alpha value is -2.39. The summed E-state index contributed by atoms with van der Waals surface area (Å²) in [5.41, 5.74) is 10.9. The third kappa shape index (κ3) is 2.04. The molecule has 0 atom stereocenters. The number of fused-ring (bicyclic) bond motifs is 1. The Morgan fingerprint density at radius 1 is 1.42 bits per heavy atom. The first-order chi connectivity index (χ1) is 9.29. The zero-order valence-corrected chi connectivity index (χ0v) is 10.9. The molecular weight excluding hydrogens is 258 g/mol. The molecule has 0 saturated heterocycles. The summed E-state index contributed by atoms with van der Waals surface area (Å²) in [6.07, 6.45) is 0.802. The molecule has 2 heterocycles. The maximum Gasteiger partial charge on any atom is 0.201 e. The van der Waals surface area contributed by atoms with Crippen molar-refractivity contribution in [2.24, 2.45) is 0 Å². The summed E-state index contributed by atoms with van der Waals surface area (Å²) in [6.45, 7) is 0.709. The van der Waals surface area contributed by atoms with Crippen LogP contribution in [0.4, 0.5) is 5.95 Å². The first-order valence-electron chi connectivity index (χ1n) is 5.81. The highest BCUT2D eigenvalue weighted by molar-refractivity contribution is 7.07. The number of benzene rings is 1. The number of nitriles is 1. The number of thiazole rings is 1. The van der Waals surface area contributed by atoms with E-state index in [4.69, 9.17) is 11.0 Å². The van der Waals surface area contributed by atoms with Crippen molar-refractivity contribution in [3.63, 3.8) is 0 Å². The summed E-state index contributed by atoms with van der Waals surface area (Å²) in [4.78, 5) is 8.54. The lowest BCUT2D eigenvalue weighted by Crippen LogP contribution is -2.05. The van der Waals surface area contributed by atoms with Crippen molar-refractivity contribution in [1.82, 2.24) is 14.5 Å². The number of aromatic nitrogens is 3. The average molecular weight is 269 g/mol. The predicted octanol–water partition coefficient (Wildman–Crippen LogP) is 2.19. The van der Waals surface area contributed by atoms with E-state index in [-0.39, 0.29) is 0 Å². The molecule has 6 heteroatoms. The minimum atomic E-state index is 0.438. The maximum absolute atomic E-state index is 9.07. The molecule has 0 unspecified atom stereocenters. The van der Waals surface area contributed by atoms with Crippen LogP contribution in [0.2, 0.25) is 0 Å². The van der Waals surface area contributed by atoms with Crippen molar-refractivity contribution in [2.75, 3.05) is 5.73 Å². The number of nitrogens with two attached hydrogens (primary N) is 1. The molecule has 3 rings (SSSR count). The first kappa shape index (κ1) is 11.7. The quantitative estimate of drug-likeness (QED) is 0.790. The van der Waals surface area contributed by atoms with Crippen LogP contribution in [0.1, 0.15) is 11.3 Å². The van der Waals surface area contributed by atoms with Crippen molar-refractivity contribution < 1.29 is 0 Å². The number of hydrogen-bond donors (Lipinski definition) is 1. The number of para-hydroxylation sites is 1. The number of aryl methyl sites for hydroxylation is 2. The van der Waals surface area contributed by atoms with Crippen molar-refractivity contribution in [1.29, 1.82) is 5.26 Å². The monoisotopic (exact) mass is 269 g/mol. The van der Waals surface area contributed by atoms with E-state index >= 15 is 0 Å². The van der Waals surface area contributed by atoms with Crippen LogP contribution in [0.25, 0.3) is 11.0 Å². The number of anilines is 1. The zero-order valence-electron chi connectivity index (χ0n) is 10.1. The number of rotatable bonds is 3. The summed E-state index contributed by atoms with van der Waals surface area (Å²) in [7, 11) is 0. The molecule has 19 heavy (non-hydrogen) atoms. The van der Waals surface area contributed by atoms with E-state index in [0.717, 1.165) is 17.6 Å². The highest BCUT2D eigenvalue weighted by Gasteiger charge is 2.11. The third-order valence-corrected chi connectivity index (χ3v) is 3.64. The first-order valence-corrected chi connectivity index (χ1v) is 6.76. The normalized spacial score (nSPS) is 10.7. The van der Waals surface area contributed by atoms with Gasteiger partial charge in [-0.1, -0.05) is 6.07 Å². The van der Waals surface area contributed by atoms with Gasteiger partial charge in [0, 0.05) is 18.3 Å². The van der Waals surface area contributed by atoms with E-state index in [2.05, 4.69) is 16.0 Å². The Morgan fingerprint density at radius 2 is 2.32 bits per heavy atom. The molecule has 94 valence electrons. The summed E-state index contributed by atoms with van der Waals surface area (Å²) < 4.78 is 1.93. The van der Waals surface area contributed by atoms with Gasteiger partial charge in [-0.2, -0.15) is 5.26 Å². The van der Waals surface area contributed by atoms with Crippen LogP contribution in [0.5, 0.6) is 0 Å². The smallest absolute Gasteiger partial charge is 0.201 e. The lowest BCUT2D eigenvalue weighted by atomic mass is 10.2. The molecule has 3 aromatic rings. The van der Waals surface area contributed by atoms with Gasteiger partial charge in [-0.05, 0) is 12.1 Å². The molecular formula is C13H11N5S. The fourth-order valence-electron chi connectivity index (χ4n) is 2.08. The van der Waals surface area contributed by atoms with Crippen LogP contribution in [0.3, 0.4) is 0 Å². The zero-order chi connectivity index (χ0) is 13.2. The number of hydrogen-bond acceptors (Lipinski definition) is 5. The van der Waals surface area contributed by atoms with E-state index in [1.165, 1.54) is 0 Å². The second-order valence-corrected chi connectivity index (χ2v) is 4.86. The van der Waals surface area contributed by atoms with Gasteiger partial charge in [0.1, 0.15) is 11.6 Å². The lowest BCUT2D eigenvalue weighted by molar-refractivity contribution is 0.716. The molecule has 0 aliphatic carbocycles. The minimum Gasteiger partial charge on any atom is -0.369 e. The van der Waals surface area contributed by atoms with Crippen molar-refractivity contribution in [3.8, 4) is 6.07 Å². The van der Waals surface area contributed by atoms with Gasteiger partial charge in [0.05, 0.1) is 22.3 Å². The minimum absolute atomic E-state index is 0.438. The second-order valence-electron chi connectivity index (χ2n) is 4.14. The molecule has 0 radical (unpaired) electrons. The van der Waals surface area contributed by atoms with Crippen molar-refractivity contribution in [2.45, 2.75) is 13.0 Å². The highest BCUT2D eigenvalue weighted by atomic mass is 32.1. The Kier molecular flexibility index (Phi) is 2.89. The van der Waals surface area contributed by atoms with Crippen LogP contribution >= 0.6 is 11.3 Å². The van der Waals surface area contributed by atoms with Gasteiger partial charge in [-0.25, -0.2) is 9.97 Å². The van der Waals surface area contributed by atoms with Crippen LogP contribution in [0, 0.1) is 11.3 Å². The number of nitrogen functional groups attached to an aromatic ring is 1. The van der Waals surface area contributed by atoms with Gasteiger partial charge < -0.3 is 10.3 Å². The van der Waals surface area contributed by atoms with E-state index in [1.807, 2.05) is 27.6 Å². The molecule has 0 amide bonds. The van der Waals surface area contributed by atoms with Gasteiger partial charge in [0.2, 0.25) is 5.95 Å². The molecule has 5 nitrogen and oxygen atoms in total. The topological polar surface area (TPSA) is 80.5 Å². The standard InChI is InChI=1S/C13H11N5S/c14-6-9-2-1-3-11-12(9)17-13(15)18(11)5-4-10-7-19-8-16-10/h1-3,7-8H,4-5H2,(H2,15,17). The molecule has 0 aliphatic rings. The SMILES string of the molecule is N#Cc1cccc2c1nc(N)n2CCc1cscn1. The van der Waals surface area contributed by atoms with Gasteiger partial charge in [-0.15, -0.1) is 11.3 Å². The summed E-state index contributed by atoms with van der Waals surface area (Å²) in [5.74, 6) is 0.438. The molecule has 0 saturated carbocycles. The summed E-state index contributed by atoms with van der Waals surface area (Å²) in [6, 6.07) is 7.67. The van der Waals surface area contributed by atoms with E-state index < -0.39 is 0 Å². The predicted molar refractivity (Wildman–Crippen MR) is 74.7 cm³/mol. The lowest BCUT2D eigenvalue weighted by Gasteiger charge is -2.04. The van der Waals surface area contributed by atoms with E-state index in [0.29, 0.717) is 23.6 Å². The summed E-state index contributed by atoms with van der Waals surface area (Å²) >= 11 is 1.58. The molecule has 0 bridgehead atoms. The highest BCUT2D eigenvalue weighted by Crippen LogP contribution is 2.21. The molecule has 0 spiro atoms. The molecule has 1 aromatic carbocycles. The van der Waals surface area contributed by atoms with Crippen LogP contribution in [0.15, 0.2) is 29.1 Å². The molecule has 2 aromatic heterocycles. The van der Waals surface area contributed by atoms with Crippen LogP contribution in [-0.2, 0) is 13.0 Å². The fraction of sp³-hybridized carbons (Fsp3) is 0.154. The third-order valence-electron chi connectivity index (χ3n) is 3.00. The van der Waals surface area contributed by atoms with Gasteiger partial charge in [0.15, 0.2) is 0 Å². The van der Waals surface area contributed by atoms with E-state index in [9.17, 15) is 0 Å². The largest absolute Gasteiger partial charge is 0.369 e. The number of imidazole rings is 1. The Balaban J connectivity index is 1.99. The average Bonchev–Trinajstić information content (AvgIpc) is 3.03. The summed E-state index contributed by atoms with van der Waals surface area (Å²) in [5, 5.41) is 11.1. The van der Waals surface area contributed by atoms with E-state index in [1.54, 1.807) is 17.4 Å². The molecule has 0 aliphatic heterocycles. The van der Waals surface area contributed by atoms with Gasteiger partial charge >= 0.3 is 0 Å². The second kappa shape index (κ2) is 4.71. The number of nitrogens with zero attached hydrogens (tertiary/aromatic N) is 4. The van der Waals surface area contributed by atoms with Gasteiger partial charge in [0.25, 0.3) is 0 Å². The van der Waals surface area contributed by atoms with Crippen molar-refractivity contribution in [3.05, 3.63) is 40.3 Å². The van der Waals surface area contributed by atoms with Crippen LogP contribution in [-0.4, -0.2) is 14.5 Å². The Labute approximate surface area is 113 Å². The molecule has 0 fully saturated rings. The maximum atomic E-state index is 9.07. The van der Waals surface area contributed by atoms with Crippen LogP contribution < -0.4 is 5.73 Å². The van der Waals surface area contributed by atoms with Crippen molar-refractivity contribution >= 4 is 28.3 Å². The Morgan fingerprint density at radius 3 is 3.05 bits per heavy atom. The fourth-order valence-corrected chi connectivity index (χ4v) is 2.67. The van der Waals surface area contributed by atoms with Gasteiger partial charge in [-0.3, -0.25) is 0 Å².